The number of hydrogen-bond donors (Lipinski definition) is 1. The number of rotatable bonds is 8. The maximum atomic E-state index is 16.7. The number of aromatic nitrogens is 4. The van der Waals surface area contributed by atoms with Crippen molar-refractivity contribution in [3.05, 3.63) is 83.4 Å². The summed E-state index contributed by atoms with van der Waals surface area (Å²) in [6.07, 6.45) is 0.260. The SMILES string of the molecule is CC(=O)O[C@]1(C)[C@@H](COC(=O)c2ccccc2)O[C@H](n2cnc3c(NCc4cccc(Cl)c4)ncnc32)[C@]1(C)F. The van der Waals surface area contributed by atoms with Crippen molar-refractivity contribution in [2.24, 2.45) is 0 Å². The quantitative estimate of drug-likeness (QED) is 0.297. The Hall–Kier alpha value is -4.09. The Bertz CT molecular complexity index is 1550. The lowest BCUT2D eigenvalue weighted by Crippen LogP contribution is -2.55. The summed E-state index contributed by atoms with van der Waals surface area (Å²) in [5, 5.41) is 3.82. The molecule has 2 aromatic carbocycles. The van der Waals surface area contributed by atoms with Crippen LogP contribution in [0.5, 0.6) is 0 Å². The van der Waals surface area contributed by atoms with Gasteiger partial charge in [0.15, 0.2) is 34.5 Å². The second-order valence-electron chi connectivity index (χ2n) is 9.75. The van der Waals surface area contributed by atoms with E-state index in [0.717, 1.165) is 5.56 Å². The van der Waals surface area contributed by atoms with Gasteiger partial charge in [-0.25, -0.2) is 24.1 Å². The number of ether oxygens (including phenoxy) is 3. The Morgan fingerprint density at radius 3 is 2.62 bits per heavy atom. The molecule has 1 N–H and O–H groups in total. The van der Waals surface area contributed by atoms with Gasteiger partial charge in [0.2, 0.25) is 0 Å². The molecule has 0 spiro atoms. The lowest BCUT2D eigenvalue weighted by atomic mass is 9.84. The fourth-order valence-corrected chi connectivity index (χ4v) is 4.97. The predicted octanol–water partition coefficient (Wildman–Crippen LogP) is 4.90. The van der Waals surface area contributed by atoms with Crippen LogP contribution in [0.2, 0.25) is 5.02 Å². The monoisotopic (exact) mass is 567 g/mol. The number of anilines is 1. The topological polar surface area (TPSA) is 117 Å². The van der Waals surface area contributed by atoms with Crippen molar-refractivity contribution in [3.63, 3.8) is 0 Å². The smallest absolute Gasteiger partial charge is 0.338 e. The van der Waals surface area contributed by atoms with Gasteiger partial charge in [0, 0.05) is 18.5 Å². The van der Waals surface area contributed by atoms with E-state index in [2.05, 4.69) is 20.3 Å². The summed E-state index contributed by atoms with van der Waals surface area (Å²) >= 11 is 6.08. The highest BCUT2D eigenvalue weighted by Gasteiger charge is 2.66. The molecule has 4 aromatic rings. The van der Waals surface area contributed by atoms with Gasteiger partial charge in [-0.05, 0) is 43.7 Å². The van der Waals surface area contributed by atoms with Crippen LogP contribution in [0.3, 0.4) is 0 Å². The summed E-state index contributed by atoms with van der Waals surface area (Å²) in [5.41, 5.74) is -2.15. The van der Waals surface area contributed by atoms with Gasteiger partial charge in [0.1, 0.15) is 19.0 Å². The number of benzene rings is 2. The highest BCUT2D eigenvalue weighted by Crippen LogP contribution is 2.51. The van der Waals surface area contributed by atoms with E-state index in [1.807, 2.05) is 18.2 Å². The van der Waals surface area contributed by atoms with Gasteiger partial charge in [0.05, 0.1) is 11.9 Å². The van der Waals surface area contributed by atoms with E-state index < -0.39 is 35.5 Å². The van der Waals surface area contributed by atoms with Crippen molar-refractivity contribution in [2.45, 2.75) is 50.9 Å². The van der Waals surface area contributed by atoms with Crippen LogP contribution >= 0.6 is 11.6 Å². The van der Waals surface area contributed by atoms with E-state index in [9.17, 15) is 9.59 Å². The third-order valence-electron chi connectivity index (χ3n) is 7.03. The first-order valence-corrected chi connectivity index (χ1v) is 12.9. The number of alkyl halides is 1. The minimum absolute atomic E-state index is 0.296. The first kappa shape index (κ1) is 27.5. The molecule has 3 heterocycles. The normalized spacial score (nSPS) is 24.1. The molecule has 0 saturated carbocycles. The van der Waals surface area contributed by atoms with Gasteiger partial charge in [0.25, 0.3) is 0 Å². The molecule has 1 aliphatic rings. The predicted molar refractivity (Wildman–Crippen MR) is 144 cm³/mol. The van der Waals surface area contributed by atoms with Gasteiger partial charge in [-0.1, -0.05) is 41.9 Å². The van der Waals surface area contributed by atoms with Gasteiger partial charge >= 0.3 is 11.9 Å². The molecule has 1 saturated heterocycles. The average Bonchev–Trinajstić information content (AvgIpc) is 3.43. The second kappa shape index (κ2) is 10.8. The largest absolute Gasteiger partial charge is 0.459 e. The van der Waals surface area contributed by atoms with E-state index in [1.54, 1.807) is 36.4 Å². The lowest BCUT2D eigenvalue weighted by molar-refractivity contribution is -0.175. The minimum Gasteiger partial charge on any atom is -0.459 e. The maximum absolute atomic E-state index is 16.7. The molecule has 5 rings (SSSR count). The second-order valence-corrected chi connectivity index (χ2v) is 10.2. The van der Waals surface area contributed by atoms with Crippen LogP contribution in [0.25, 0.3) is 11.2 Å². The van der Waals surface area contributed by atoms with Crippen molar-refractivity contribution in [3.8, 4) is 0 Å². The van der Waals surface area contributed by atoms with Crippen LogP contribution in [-0.2, 0) is 25.5 Å². The van der Waals surface area contributed by atoms with Gasteiger partial charge < -0.3 is 19.5 Å². The van der Waals surface area contributed by atoms with Crippen molar-refractivity contribution in [2.75, 3.05) is 11.9 Å². The van der Waals surface area contributed by atoms with Gasteiger partial charge in [-0.2, -0.15) is 0 Å². The molecule has 1 aliphatic heterocycles. The van der Waals surface area contributed by atoms with E-state index in [1.165, 1.54) is 38.0 Å². The Labute approximate surface area is 234 Å². The van der Waals surface area contributed by atoms with Crippen molar-refractivity contribution in [1.82, 2.24) is 19.5 Å². The first-order chi connectivity index (χ1) is 19.1. The zero-order valence-corrected chi connectivity index (χ0v) is 22.8. The molecule has 0 bridgehead atoms. The molecule has 12 heteroatoms. The number of imidazole rings is 1. The number of esters is 2. The summed E-state index contributed by atoms with van der Waals surface area (Å²) in [4.78, 5) is 37.6. The number of halogens is 2. The number of carbonyl (C=O) groups excluding carboxylic acids is 2. The highest BCUT2D eigenvalue weighted by molar-refractivity contribution is 6.30. The average molecular weight is 568 g/mol. The Balaban J connectivity index is 1.42. The van der Waals surface area contributed by atoms with Crippen LogP contribution in [-0.4, -0.2) is 55.4 Å². The molecule has 2 aromatic heterocycles. The van der Waals surface area contributed by atoms with Crippen molar-refractivity contribution in [1.29, 1.82) is 0 Å². The molecule has 1 fully saturated rings. The highest BCUT2D eigenvalue weighted by atomic mass is 35.5. The van der Waals surface area contributed by atoms with Gasteiger partial charge in [-0.3, -0.25) is 9.36 Å². The van der Waals surface area contributed by atoms with Crippen LogP contribution in [0.1, 0.15) is 42.9 Å². The van der Waals surface area contributed by atoms with Gasteiger partial charge in [-0.15, -0.1) is 0 Å². The minimum atomic E-state index is -2.28. The Morgan fingerprint density at radius 1 is 1.12 bits per heavy atom. The molecule has 0 aliphatic carbocycles. The fourth-order valence-electron chi connectivity index (χ4n) is 4.76. The molecule has 40 heavy (non-hydrogen) atoms. The lowest BCUT2D eigenvalue weighted by Gasteiger charge is -2.36. The first-order valence-electron chi connectivity index (χ1n) is 12.5. The van der Waals surface area contributed by atoms with Crippen LogP contribution in [0.4, 0.5) is 10.2 Å². The summed E-state index contributed by atoms with van der Waals surface area (Å²) in [6, 6.07) is 15.7. The molecule has 0 amide bonds. The number of hydrogen-bond acceptors (Lipinski definition) is 9. The molecule has 10 nitrogen and oxygen atoms in total. The van der Waals surface area contributed by atoms with Crippen molar-refractivity contribution >= 4 is 40.5 Å². The third-order valence-corrected chi connectivity index (χ3v) is 7.27. The molecule has 4 atom stereocenters. The fraction of sp³-hybridized carbons (Fsp3) is 0.321. The van der Waals surface area contributed by atoms with E-state index in [4.69, 9.17) is 25.8 Å². The molecule has 0 unspecified atom stereocenters. The van der Waals surface area contributed by atoms with E-state index >= 15 is 4.39 Å². The van der Waals surface area contributed by atoms with Crippen LogP contribution in [0, 0.1) is 0 Å². The zero-order valence-electron chi connectivity index (χ0n) is 22.0. The standard InChI is InChI=1S/C28H27ClFN5O5/c1-17(36)40-28(3)21(14-38-25(37)19-9-5-4-6-10-19)39-26(27(28,2)30)35-16-34-22-23(32-15-33-24(22)35)31-13-18-8-7-11-20(29)12-18/h4-12,15-16,21,26H,13-14H2,1-3H3,(H,31,32,33)/t21-,26+,27+,28-/m1/s1. The van der Waals surface area contributed by atoms with Crippen LogP contribution < -0.4 is 5.32 Å². The van der Waals surface area contributed by atoms with Crippen LogP contribution in [0.15, 0.2) is 67.3 Å². The Morgan fingerprint density at radius 2 is 1.90 bits per heavy atom. The maximum Gasteiger partial charge on any atom is 0.338 e. The summed E-state index contributed by atoms with van der Waals surface area (Å²) in [5.74, 6) is -0.895. The summed E-state index contributed by atoms with van der Waals surface area (Å²) < 4.78 is 35.2. The molecule has 0 radical (unpaired) electrons. The summed E-state index contributed by atoms with van der Waals surface area (Å²) in [6.45, 7) is 3.92. The Kier molecular flexibility index (Phi) is 7.43. The molecule has 208 valence electrons. The summed E-state index contributed by atoms with van der Waals surface area (Å²) in [7, 11) is 0. The van der Waals surface area contributed by atoms with E-state index in [0.29, 0.717) is 34.1 Å². The number of carbonyl (C=O) groups is 2. The molecular weight excluding hydrogens is 541 g/mol. The number of nitrogens with zero attached hydrogens (tertiary/aromatic N) is 4. The van der Waals surface area contributed by atoms with Crippen molar-refractivity contribution < 1.29 is 28.2 Å². The number of fused-ring (bicyclic) bond motifs is 1. The molecular formula is C28H27ClFN5O5. The number of nitrogens with one attached hydrogen (secondary N) is 1. The van der Waals surface area contributed by atoms with E-state index in [-0.39, 0.29) is 6.61 Å². The zero-order chi connectivity index (χ0) is 28.5. The third kappa shape index (κ3) is 5.09.